The Bertz CT molecular complexity index is 950. The van der Waals surface area contributed by atoms with Crippen LogP contribution in [-0.4, -0.2) is 31.3 Å². The molecule has 0 radical (unpaired) electrons. The zero-order valence-corrected chi connectivity index (χ0v) is 15.6. The molecule has 2 N–H and O–H groups in total. The van der Waals surface area contributed by atoms with Crippen molar-refractivity contribution in [3.8, 4) is 11.3 Å². The number of carbonyl (C=O) groups excluding carboxylic acids is 1. The highest BCUT2D eigenvalue weighted by molar-refractivity contribution is 6.29. The second-order valence-corrected chi connectivity index (χ2v) is 7.44. The van der Waals surface area contributed by atoms with Gasteiger partial charge in [0.05, 0.1) is 18.1 Å². The highest BCUT2D eigenvalue weighted by atomic mass is 35.5. The minimum atomic E-state index is -0.0708. The van der Waals surface area contributed by atoms with E-state index in [0.29, 0.717) is 23.8 Å². The van der Waals surface area contributed by atoms with Gasteiger partial charge in [-0.15, -0.1) is 0 Å². The van der Waals surface area contributed by atoms with Crippen molar-refractivity contribution in [2.45, 2.75) is 38.0 Å². The van der Waals surface area contributed by atoms with E-state index in [2.05, 4.69) is 37.6 Å². The fraction of sp³-hybridized carbons (Fsp3) is 0.316. The Morgan fingerprint density at radius 1 is 1.26 bits per heavy atom. The minimum Gasteiger partial charge on any atom is -0.311 e. The summed E-state index contributed by atoms with van der Waals surface area (Å²) in [6.07, 6.45) is 8.10. The lowest BCUT2D eigenvalue weighted by Crippen LogP contribution is -2.15. The summed E-state index contributed by atoms with van der Waals surface area (Å²) in [4.78, 5) is 16.5. The van der Waals surface area contributed by atoms with Crippen LogP contribution in [0.1, 0.15) is 37.3 Å². The molecule has 0 unspecified atom stereocenters. The predicted octanol–water partition coefficient (Wildman–Crippen LogP) is 3.54. The number of halogens is 1. The normalized spacial score (nSPS) is 14.7. The van der Waals surface area contributed by atoms with Gasteiger partial charge in [0, 0.05) is 23.7 Å². The van der Waals surface area contributed by atoms with E-state index in [1.165, 1.54) is 0 Å². The van der Waals surface area contributed by atoms with E-state index >= 15 is 0 Å². The van der Waals surface area contributed by atoms with Crippen LogP contribution in [-0.2, 0) is 16.6 Å². The highest BCUT2D eigenvalue weighted by Crippen LogP contribution is 2.52. The van der Waals surface area contributed by atoms with Crippen LogP contribution < -0.4 is 5.32 Å². The van der Waals surface area contributed by atoms with Crippen molar-refractivity contribution in [3.05, 3.63) is 53.1 Å². The maximum Gasteiger partial charge on any atom is 0.225 e. The van der Waals surface area contributed by atoms with Gasteiger partial charge in [-0.1, -0.05) is 24.6 Å². The van der Waals surface area contributed by atoms with Crippen molar-refractivity contribution in [1.29, 1.82) is 0 Å². The molecule has 0 saturated heterocycles. The van der Waals surface area contributed by atoms with Crippen molar-refractivity contribution < 1.29 is 4.79 Å². The standard InChI is InChI=1S/C19H19ClN6O/c1-19(7-8-19)16-17(13-6-9-22-23-11-13)25-26-18(16)24-15(27)5-3-12-2-4-14(20)21-10-12/h2,4,6,9-11H,3,5,7-8H2,1H3,(H2,24,25,26,27). The molecule has 4 rings (SSSR count). The van der Waals surface area contributed by atoms with Gasteiger partial charge in [-0.3, -0.25) is 9.89 Å². The molecular weight excluding hydrogens is 364 g/mol. The van der Waals surface area contributed by atoms with Gasteiger partial charge >= 0.3 is 0 Å². The number of carbonyl (C=O) groups is 1. The first-order valence-electron chi connectivity index (χ1n) is 8.81. The number of aryl methyl sites for hydroxylation is 1. The quantitative estimate of drug-likeness (QED) is 0.635. The van der Waals surface area contributed by atoms with Crippen molar-refractivity contribution in [2.75, 3.05) is 5.32 Å². The molecule has 1 aliphatic carbocycles. The number of rotatable bonds is 6. The number of nitrogens with zero attached hydrogens (tertiary/aromatic N) is 4. The molecular formula is C19H19ClN6O. The maximum absolute atomic E-state index is 12.5. The first-order valence-corrected chi connectivity index (χ1v) is 9.19. The molecule has 3 aromatic rings. The number of H-pyrrole nitrogens is 1. The first kappa shape index (κ1) is 17.6. The smallest absolute Gasteiger partial charge is 0.225 e. The van der Waals surface area contributed by atoms with Gasteiger partial charge in [-0.25, -0.2) is 4.98 Å². The van der Waals surface area contributed by atoms with Gasteiger partial charge in [0.1, 0.15) is 11.0 Å². The summed E-state index contributed by atoms with van der Waals surface area (Å²) in [7, 11) is 0. The molecule has 7 nitrogen and oxygen atoms in total. The van der Waals surface area contributed by atoms with Crippen LogP contribution in [0.25, 0.3) is 11.3 Å². The van der Waals surface area contributed by atoms with E-state index < -0.39 is 0 Å². The number of pyridine rings is 1. The second-order valence-electron chi connectivity index (χ2n) is 7.05. The van der Waals surface area contributed by atoms with E-state index in [1.807, 2.05) is 12.1 Å². The van der Waals surface area contributed by atoms with Crippen molar-refractivity contribution in [2.24, 2.45) is 0 Å². The summed E-state index contributed by atoms with van der Waals surface area (Å²) in [5.41, 5.74) is 3.74. The molecule has 1 amide bonds. The lowest BCUT2D eigenvalue weighted by Gasteiger charge is -2.13. The third-order valence-electron chi connectivity index (χ3n) is 4.92. The van der Waals surface area contributed by atoms with Crippen molar-refractivity contribution >= 4 is 23.3 Å². The van der Waals surface area contributed by atoms with Crippen LogP contribution in [0.4, 0.5) is 5.82 Å². The Hall–Kier alpha value is -2.80. The minimum absolute atomic E-state index is 0.0221. The summed E-state index contributed by atoms with van der Waals surface area (Å²) in [5.74, 6) is 0.597. The Kier molecular flexibility index (Phi) is 4.61. The molecule has 138 valence electrons. The zero-order chi connectivity index (χ0) is 18.9. The van der Waals surface area contributed by atoms with Crippen LogP contribution in [0.15, 0.2) is 36.8 Å². The van der Waals surface area contributed by atoms with E-state index in [4.69, 9.17) is 11.6 Å². The number of hydrogen-bond donors (Lipinski definition) is 2. The van der Waals surface area contributed by atoms with Crippen LogP contribution in [0.5, 0.6) is 0 Å². The SMILES string of the molecule is CC1(c2c(-c3ccnnc3)n[nH]c2NC(=O)CCc2ccc(Cl)nc2)CC1. The van der Waals surface area contributed by atoms with Crippen molar-refractivity contribution in [1.82, 2.24) is 25.4 Å². The highest BCUT2D eigenvalue weighted by Gasteiger charge is 2.44. The number of amides is 1. The van der Waals surface area contributed by atoms with Crippen LogP contribution in [0.3, 0.4) is 0 Å². The Labute approximate surface area is 161 Å². The number of anilines is 1. The lowest BCUT2D eigenvalue weighted by atomic mass is 9.95. The molecule has 0 atom stereocenters. The zero-order valence-electron chi connectivity index (χ0n) is 14.9. The average Bonchev–Trinajstić information content (AvgIpc) is 3.28. The molecule has 27 heavy (non-hydrogen) atoms. The molecule has 1 aliphatic rings. The molecule has 1 saturated carbocycles. The monoisotopic (exact) mass is 382 g/mol. The predicted molar refractivity (Wildman–Crippen MR) is 102 cm³/mol. The van der Waals surface area contributed by atoms with Gasteiger partial charge in [-0.05, 0) is 42.4 Å². The molecule has 0 spiro atoms. The number of nitrogens with one attached hydrogen (secondary N) is 2. The third-order valence-corrected chi connectivity index (χ3v) is 5.14. The van der Waals surface area contributed by atoms with E-state index in [1.54, 1.807) is 24.7 Å². The third kappa shape index (κ3) is 3.83. The molecule has 0 aromatic carbocycles. The Morgan fingerprint density at radius 3 is 2.78 bits per heavy atom. The number of aromatic nitrogens is 5. The molecule has 3 heterocycles. The molecule has 0 aliphatic heterocycles. The van der Waals surface area contributed by atoms with Crippen molar-refractivity contribution in [3.63, 3.8) is 0 Å². The lowest BCUT2D eigenvalue weighted by molar-refractivity contribution is -0.116. The van der Waals surface area contributed by atoms with Gasteiger partial charge < -0.3 is 5.32 Å². The maximum atomic E-state index is 12.5. The van der Waals surface area contributed by atoms with E-state index in [0.717, 1.165) is 35.2 Å². The summed E-state index contributed by atoms with van der Waals surface area (Å²) in [6, 6.07) is 5.48. The second kappa shape index (κ2) is 7.08. The van der Waals surface area contributed by atoms with Crippen LogP contribution in [0.2, 0.25) is 5.15 Å². The molecule has 8 heteroatoms. The van der Waals surface area contributed by atoms with E-state index in [9.17, 15) is 4.79 Å². The first-order chi connectivity index (χ1) is 13.0. The van der Waals surface area contributed by atoms with Gasteiger partial charge in [0.15, 0.2) is 0 Å². The fourth-order valence-electron chi connectivity index (χ4n) is 3.11. The number of aromatic amines is 1. The summed E-state index contributed by atoms with van der Waals surface area (Å²) in [6.45, 7) is 2.19. The van der Waals surface area contributed by atoms with Gasteiger partial charge in [0.25, 0.3) is 0 Å². The summed E-state index contributed by atoms with van der Waals surface area (Å²) < 4.78 is 0. The average molecular weight is 383 g/mol. The Morgan fingerprint density at radius 2 is 2.11 bits per heavy atom. The summed E-state index contributed by atoms with van der Waals surface area (Å²) in [5, 5.41) is 18.6. The van der Waals surface area contributed by atoms with Crippen LogP contribution >= 0.6 is 11.6 Å². The molecule has 3 aromatic heterocycles. The molecule has 1 fully saturated rings. The van der Waals surface area contributed by atoms with E-state index in [-0.39, 0.29) is 11.3 Å². The number of hydrogen-bond acceptors (Lipinski definition) is 5. The van der Waals surface area contributed by atoms with Crippen LogP contribution in [0, 0.1) is 0 Å². The van der Waals surface area contributed by atoms with Gasteiger partial charge in [0.2, 0.25) is 5.91 Å². The fourth-order valence-corrected chi connectivity index (χ4v) is 3.22. The topological polar surface area (TPSA) is 96.5 Å². The largest absolute Gasteiger partial charge is 0.311 e. The van der Waals surface area contributed by atoms with Gasteiger partial charge in [-0.2, -0.15) is 15.3 Å². The summed E-state index contributed by atoms with van der Waals surface area (Å²) >= 11 is 5.79. The molecule has 0 bridgehead atoms. The Balaban J connectivity index is 1.51.